The van der Waals surface area contributed by atoms with Crippen LogP contribution in [0.4, 0.5) is 0 Å². The molecule has 0 saturated heterocycles. The van der Waals surface area contributed by atoms with E-state index in [-0.39, 0.29) is 22.3 Å². The first kappa shape index (κ1) is 12.9. The average Bonchev–Trinajstić information content (AvgIpc) is 2.51. The minimum Gasteiger partial charge on any atom is -0.502 e. The van der Waals surface area contributed by atoms with E-state index in [1.54, 1.807) is 30.3 Å². The van der Waals surface area contributed by atoms with Crippen LogP contribution in [0.25, 0.3) is 22.3 Å². The molecule has 0 atom stereocenters. The molecule has 5 heteroatoms. The van der Waals surface area contributed by atoms with Gasteiger partial charge in [-0.1, -0.05) is 30.3 Å². The number of hydrogen-bond donors (Lipinski definition) is 2. The fourth-order valence-electron chi connectivity index (χ4n) is 2.10. The van der Waals surface area contributed by atoms with Crippen LogP contribution in [0.15, 0.2) is 57.7 Å². The van der Waals surface area contributed by atoms with E-state index in [9.17, 15) is 14.7 Å². The molecule has 1 heterocycles. The van der Waals surface area contributed by atoms with Crippen molar-refractivity contribution >= 4 is 16.9 Å². The van der Waals surface area contributed by atoms with Gasteiger partial charge in [-0.2, -0.15) is 0 Å². The first-order chi connectivity index (χ1) is 10.1. The first-order valence-corrected chi connectivity index (χ1v) is 6.16. The quantitative estimate of drug-likeness (QED) is 0.754. The van der Waals surface area contributed by atoms with Crippen LogP contribution in [0.1, 0.15) is 10.4 Å². The maximum Gasteiger partial charge on any atom is 0.335 e. The third kappa shape index (κ3) is 2.14. The van der Waals surface area contributed by atoms with Gasteiger partial charge in [0.25, 0.3) is 0 Å². The summed E-state index contributed by atoms with van der Waals surface area (Å²) in [4.78, 5) is 23.1. The molecule has 1 aromatic heterocycles. The van der Waals surface area contributed by atoms with Crippen molar-refractivity contribution in [1.82, 2.24) is 0 Å². The predicted molar refractivity (Wildman–Crippen MR) is 76.5 cm³/mol. The first-order valence-electron chi connectivity index (χ1n) is 6.16. The Morgan fingerprint density at radius 3 is 2.43 bits per heavy atom. The van der Waals surface area contributed by atoms with E-state index in [0.717, 1.165) is 0 Å². The summed E-state index contributed by atoms with van der Waals surface area (Å²) in [7, 11) is 0. The van der Waals surface area contributed by atoms with Gasteiger partial charge in [0.2, 0.25) is 11.2 Å². The summed E-state index contributed by atoms with van der Waals surface area (Å²) in [5.41, 5.74) is 0.0952. The van der Waals surface area contributed by atoms with Crippen molar-refractivity contribution in [3.63, 3.8) is 0 Å². The van der Waals surface area contributed by atoms with Crippen LogP contribution in [-0.2, 0) is 0 Å². The number of fused-ring (bicyclic) bond motifs is 1. The van der Waals surface area contributed by atoms with Crippen molar-refractivity contribution in [2.24, 2.45) is 0 Å². The lowest BCUT2D eigenvalue weighted by Crippen LogP contribution is -2.05. The number of hydrogen-bond acceptors (Lipinski definition) is 4. The Bertz CT molecular complexity index is 894. The molecule has 0 spiro atoms. The molecule has 0 amide bonds. The van der Waals surface area contributed by atoms with Gasteiger partial charge in [-0.05, 0) is 18.2 Å². The molecule has 0 fully saturated rings. The van der Waals surface area contributed by atoms with Crippen LogP contribution in [0.3, 0.4) is 0 Å². The fourth-order valence-corrected chi connectivity index (χ4v) is 2.10. The minimum atomic E-state index is -1.15. The highest BCUT2D eigenvalue weighted by Gasteiger charge is 2.16. The summed E-state index contributed by atoms with van der Waals surface area (Å²) in [6, 6.07) is 12.7. The van der Waals surface area contributed by atoms with Gasteiger partial charge in [0.05, 0.1) is 10.9 Å². The van der Waals surface area contributed by atoms with Crippen LogP contribution in [0, 0.1) is 0 Å². The second kappa shape index (κ2) is 4.79. The molecule has 0 radical (unpaired) electrons. The standard InChI is InChI=1S/C16H10O5/c17-13-11-8-10(16(19)20)6-7-12(11)21-15(14(13)18)9-4-2-1-3-5-9/h1-8,18H,(H,19,20). The largest absolute Gasteiger partial charge is 0.502 e. The molecule has 2 N–H and O–H groups in total. The lowest BCUT2D eigenvalue weighted by Gasteiger charge is -2.06. The summed E-state index contributed by atoms with van der Waals surface area (Å²) in [5.74, 6) is -1.62. The Labute approximate surface area is 118 Å². The van der Waals surface area contributed by atoms with E-state index in [0.29, 0.717) is 5.56 Å². The minimum absolute atomic E-state index is 0.0343. The van der Waals surface area contributed by atoms with Crippen molar-refractivity contribution in [1.29, 1.82) is 0 Å². The van der Waals surface area contributed by atoms with Gasteiger partial charge >= 0.3 is 5.97 Å². The Balaban J connectivity index is 2.32. The lowest BCUT2D eigenvalue weighted by atomic mass is 10.1. The molecule has 2 aromatic carbocycles. The zero-order chi connectivity index (χ0) is 15.0. The molecule has 0 bridgehead atoms. The maximum atomic E-state index is 12.2. The third-order valence-corrected chi connectivity index (χ3v) is 3.15. The number of benzene rings is 2. The Morgan fingerprint density at radius 1 is 1.05 bits per heavy atom. The number of carboxylic acid groups (broad SMARTS) is 1. The van der Waals surface area contributed by atoms with Gasteiger partial charge in [-0.3, -0.25) is 4.79 Å². The van der Waals surface area contributed by atoms with Crippen LogP contribution in [-0.4, -0.2) is 16.2 Å². The van der Waals surface area contributed by atoms with Crippen LogP contribution in [0.5, 0.6) is 5.75 Å². The average molecular weight is 282 g/mol. The molecule has 0 aliphatic heterocycles. The van der Waals surface area contributed by atoms with Crippen molar-refractivity contribution in [3.05, 3.63) is 64.3 Å². The summed E-state index contributed by atoms with van der Waals surface area (Å²) in [6.45, 7) is 0. The van der Waals surface area contributed by atoms with Crippen molar-refractivity contribution in [2.45, 2.75) is 0 Å². The SMILES string of the molecule is O=C(O)c1ccc2oc(-c3ccccc3)c(O)c(=O)c2c1. The second-order valence-corrected chi connectivity index (χ2v) is 4.49. The Kier molecular flexibility index (Phi) is 2.95. The van der Waals surface area contributed by atoms with Gasteiger partial charge in [-0.25, -0.2) is 4.79 Å². The zero-order valence-corrected chi connectivity index (χ0v) is 10.7. The third-order valence-electron chi connectivity index (χ3n) is 3.15. The van der Waals surface area contributed by atoms with Gasteiger partial charge < -0.3 is 14.6 Å². The van der Waals surface area contributed by atoms with E-state index >= 15 is 0 Å². The van der Waals surface area contributed by atoms with Crippen LogP contribution in [0.2, 0.25) is 0 Å². The van der Waals surface area contributed by atoms with E-state index in [4.69, 9.17) is 9.52 Å². The lowest BCUT2D eigenvalue weighted by molar-refractivity contribution is 0.0697. The maximum absolute atomic E-state index is 12.2. The normalized spacial score (nSPS) is 10.7. The highest BCUT2D eigenvalue weighted by molar-refractivity contribution is 5.93. The van der Waals surface area contributed by atoms with E-state index < -0.39 is 17.1 Å². The van der Waals surface area contributed by atoms with Gasteiger partial charge in [-0.15, -0.1) is 0 Å². The molecule has 0 aliphatic rings. The topological polar surface area (TPSA) is 87.7 Å². The summed E-state index contributed by atoms with van der Waals surface area (Å²) >= 11 is 0. The van der Waals surface area contributed by atoms with Crippen molar-refractivity contribution < 1.29 is 19.4 Å². The Morgan fingerprint density at radius 2 is 1.76 bits per heavy atom. The van der Waals surface area contributed by atoms with Gasteiger partial charge in [0, 0.05) is 5.56 Å². The molecule has 0 unspecified atom stereocenters. The number of aromatic hydroxyl groups is 1. The fraction of sp³-hybridized carbons (Fsp3) is 0. The summed E-state index contributed by atoms with van der Waals surface area (Å²) in [5, 5.41) is 19.0. The number of rotatable bonds is 2. The molecule has 0 aliphatic carbocycles. The molecular formula is C16H10O5. The molecule has 3 aromatic rings. The smallest absolute Gasteiger partial charge is 0.335 e. The van der Waals surface area contributed by atoms with Crippen molar-refractivity contribution in [2.75, 3.05) is 0 Å². The number of carboxylic acids is 1. The number of aromatic carboxylic acids is 1. The summed E-state index contributed by atoms with van der Waals surface area (Å²) in [6.07, 6.45) is 0. The molecule has 5 nitrogen and oxygen atoms in total. The molecule has 0 saturated carbocycles. The number of carbonyl (C=O) groups is 1. The van der Waals surface area contributed by atoms with Crippen molar-refractivity contribution in [3.8, 4) is 17.1 Å². The monoisotopic (exact) mass is 282 g/mol. The second-order valence-electron chi connectivity index (χ2n) is 4.49. The highest BCUT2D eigenvalue weighted by atomic mass is 16.4. The highest BCUT2D eigenvalue weighted by Crippen LogP contribution is 2.29. The molecule has 104 valence electrons. The Hall–Kier alpha value is -3.08. The van der Waals surface area contributed by atoms with Gasteiger partial charge in [0.15, 0.2) is 5.76 Å². The van der Waals surface area contributed by atoms with E-state index in [1.807, 2.05) is 0 Å². The predicted octanol–water partition coefficient (Wildman–Crippen LogP) is 2.86. The molecule has 3 rings (SSSR count). The summed E-state index contributed by atoms with van der Waals surface area (Å²) < 4.78 is 5.55. The van der Waals surface area contributed by atoms with Crippen LogP contribution >= 0.6 is 0 Å². The van der Waals surface area contributed by atoms with E-state index in [2.05, 4.69) is 0 Å². The van der Waals surface area contributed by atoms with Crippen LogP contribution < -0.4 is 5.43 Å². The zero-order valence-electron chi connectivity index (χ0n) is 10.7. The van der Waals surface area contributed by atoms with E-state index in [1.165, 1.54) is 18.2 Å². The molecule has 21 heavy (non-hydrogen) atoms. The van der Waals surface area contributed by atoms with Gasteiger partial charge in [0.1, 0.15) is 5.58 Å². The molecular weight excluding hydrogens is 272 g/mol.